The molecule has 4 rings (SSSR count). The van der Waals surface area contributed by atoms with Crippen molar-refractivity contribution in [2.24, 2.45) is 0 Å². The molecule has 2 aromatic carbocycles. The number of aliphatic hydroxyl groups excluding tert-OH is 1. The Bertz CT molecular complexity index is 981. The third kappa shape index (κ3) is 5.49. The van der Waals surface area contributed by atoms with Crippen molar-refractivity contribution in [3.63, 3.8) is 0 Å². The van der Waals surface area contributed by atoms with E-state index in [0.717, 1.165) is 47.7 Å². The second-order valence-corrected chi connectivity index (χ2v) is 8.22. The summed E-state index contributed by atoms with van der Waals surface area (Å²) in [6.45, 7) is 3.34. The van der Waals surface area contributed by atoms with E-state index in [4.69, 9.17) is 0 Å². The van der Waals surface area contributed by atoms with Gasteiger partial charge in [0.25, 0.3) is 0 Å². The third-order valence-electron chi connectivity index (χ3n) is 5.91. The van der Waals surface area contributed by atoms with Crippen LogP contribution in [-0.4, -0.2) is 54.7 Å². The molecule has 8 heteroatoms. The average molecular weight is 445 g/mol. The Labute approximate surface area is 185 Å². The van der Waals surface area contributed by atoms with Gasteiger partial charge in [-0.3, -0.25) is 9.69 Å². The maximum absolute atomic E-state index is 12.7. The molecule has 0 bridgehead atoms. The van der Waals surface area contributed by atoms with Crippen molar-refractivity contribution < 1.29 is 23.1 Å². The standard InChI is InChI=1S/C24H26F3N3O2/c25-24(26,27)19-4-6-20(7-5-19)30-13-11-29(12-14-30)16-21(31)8-1-17-2-9-22-18(15-17)3-10-23(32)28-22/h1-2,4-9,15,21,31H,3,10-14,16H2,(H,28,32)/b8-1+/t21-/m1/s1. The van der Waals surface area contributed by atoms with Crippen LogP contribution in [0.2, 0.25) is 0 Å². The molecule has 1 saturated heterocycles. The molecule has 0 spiro atoms. The van der Waals surface area contributed by atoms with Gasteiger partial charge >= 0.3 is 6.18 Å². The lowest BCUT2D eigenvalue weighted by atomic mass is 10.00. The minimum Gasteiger partial charge on any atom is -0.388 e. The van der Waals surface area contributed by atoms with E-state index in [1.807, 2.05) is 24.3 Å². The van der Waals surface area contributed by atoms with E-state index in [0.29, 0.717) is 32.5 Å². The Hall–Kier alpha value is -2.84. The summed E-state index contributed by atoms with van der Waals surface area (Å²) in [7, 11) is 0. The number of fused-ring (bicyclic) bond motifs is 1. The van der Waals surface area contributed by atoms with Crippen LogP contribution in [0.1, 0.15) is 23.1 Å². The van der Waals surface area contributed by atoms with Gasteiger partial charge in [0.1, 0.15) is 0 Å². The zero-order chi connectivity index (χ0) is 22.7. The van der Waals surface area contributed by atoms with Gasteiger partial charge in [-0.1, -0.05) is 18.2 Å². The Balaban J connectivity index is 1.26. The minimum atomic E-state index is -4.32. The molecule has 2 aromatic rings. The first-order valence-corrected chi connectivity index (χ1v) is 10.7. The summed E-state index contributed by atoms with van der Waals surface area (Å²) in [5.41, 5.74) is 3.07. The number of aliphatic hydroxyl groups is 1. The lowest BCUT2D eigenvalue weighted by Gasteiger charge is -2.36. The van der Waals surface area contributed by atoms with Crippen molar-refractivity contribution in [3.05, 3.63) is 65.2 Å². The van der Waals surface area contributed by atoms with Crippen molar-refractivity contribution in [2.75, 3.05) is 42.9 Å². The summed E-state index contributed by atoms with van der Waals surface area (Å²) >= 11 is 0. The number of nitrogens with one attached hydrogen (secondary N) is 1. The van der Waals surface area contributed by atoms with Crippen LogP contribution in [0, 0.1) is 0 Å². The quantitative estimate of drug-likeness (QED) is 0.736. The Kier molecular flexibility index (Phi) is 6.53. The van der Waals surface area contributed by atoms with Crippen molar-refractivity contribution in [3.8, 4) is 0 Å². The van der Waals surface area contributed by atoms with E-state index in [2.05, 4.69) is 15.1 Å². The number of nitrogens with zero attached hydrogens (tertiary/aromatic N) is 2. The number of benzene rings is 2. The Morgan fingerprint density at radius 3 is 2.44 bits per heavy atom. The molecule has 5 nitrogen and oxygen atoms in total. The highest BCUT2D eigenvalue weighted by Crippen LogP contribution is 2.30. The first-order chi connectivity index (χ1) is 15.3. The molecular formula is C24H26F3N3O2. The van der Waals surface area contributed by atoms with Crippen molar-refractivity contribution in [1.29, 1.82) is 0 Å². The van der Waals surface area contributed by atoms with Crippen LogP contribution >= 0.6 is 0 Å². The molecule has 1 amide bonds. The number of carbonyl (C=O) groups is 1. The van der Waals surface area contributed by atoms with Gasteiger partial charge in [-0.2, -0.15) is 13.2 Å². The van der Waals surface area contributed by atoms with Crippen molar-refractivity contribution in [2.45, 2.75) is 25.1 Å². The summed E-state index contributed by atoms with van der Waals surface area (Å²) in [6, 6.07) is 11.1. The van der Waals surface area contributed by atoms with Crippen LogP contribution in [0.15, 0.2) is 48.5 Å². The van der Waals surface area contributed by atoms with E-state index in [1.54, 1.807) is 6.08 Å². The molecule has 2 aliphatic heterocycles. The minimum absolute atomic E-state index is 0.0367. The van der Waals surface area contributed by atoms with Gasteiger partial charge in [-0.05, 0) is 53.9 Å². The van der Waals surface area contributed by atoms with Crippen LogP contribution in [-0.2, 0) is 17.4 Å². The number of anilines is 2. The number of halogens is 3. The molecule has 2 aliphatic rings. The van der Waals surface area contributed by atoms with Crippen molar-refractivity contribution >= 4 is 23.4 Å². The maximum atomic E-state index is 12.7. The third-order valence-corrected chi connectivity index (χ3v) is 5.91. The first-order valence-electron chi connectivity index (χ1n) is 10.7. The fourth-order valence-electron chi connectivity index (χ4n) is 4.10. The number of hydrogen-bond donors (Lipinski definition) is 2. The van der Waals surface area contributed by atoms with Crippen molar-refractivity contribution in [1.82, 2.24) is 4.90 Å². The molecule has 170 valence electrons. The van der Waals surface area contributed by atoms with E-state index in [-0.39, 0.29) is 5.91 Å². The summed E-state index contributed by atoms with van der Waals surface area (Å²) in [5.74, 6) is 0.0367. The van der Waals surface area contributed by atoms with E-state index >= 15 is 0 Å². The molecule has 0 aromatic heterocycles. The molecule has 2 N–H and O–H groups in total. The first kappa shape index (κ1) is 22.4. The van der Waals surface area contributed by atoms with Gasteiger partial charge in [0, 0.05) is 50.5 Å². The summed E-state index contributed by atoms with van der Waals surface area (Å²) in [5, 5.41) is 13.3. The number of rotatable bonds is 5. The van der Waals surface area contributed by atoms with Crippen LogP contribution in [0.4, 0.5) is 24.5 Å². The fraction of sp³-hybridized carbons (Fsp3) is 0.375. The Morgan fingerprint density at radius 1 is 1.03 bits per heavy atom. The largest absolute Gasteiger partial charge is 0.416 e. The van der Waals surface area contributed by atoms with Gasteiger partial charge in [0.2, 0.25) is 5.91 Å². The number of hydrogen-bond acceptors (Lipinski definition) is 4. The molecule has 1 fully saturated rings. The molecule has 1 atom stereocenters. The molecule has 0 unspecified atom stereocenters. The van der Waals surface area contributed by atoms with E-state index in [1.165, 1.54) is 12.1 Å². The summed E-state index contributed by atoms with van der Waals surface area (Å²) < 4.78 is 38.2. The molecule has 0 saturated carbocycles. The lowest BCUT2D eigenvalue weighted by Crippen LogP contribution is -2.48. The highest BCUT2D eigenvalue weighted by atomic mass is 19.4. The zero-order valence-corrected chi connectivity index (χ0v) is 17.6. The molecule has 2 heterocycles. The van der Waals surface area contributed by atoms with Crippen LogP contribution in [0.5, 0.6) is 0 Å². The number of amides is 1. The highest BCUT2D eigenvalue weighted by molar-refractivity contribution is 5.94. The molecule has 32 heavy (non-hydrogen) atoms. The second-order valence-electron chi connectivity index (χ2n) is 8.22. The van der Waals surface area contributed by atoms with Gasteiger partial charge < -0.3 is 15.3 Å². The van der Waals surface area contributed by atoms with Crippen LogP contribution in [0.3, 0.4) is 0 Å². The average Bonchev–Trinajstić information content (AvgIpc) is 2.78. The maximum Gasteiger partial charge on any atom is 0.416 e. The topological polar surface area (TPSA) is 55.8 Å². The van der Waals surface area contributed by atoms with E-state index in [9.17, 15) is 23.1 Å². The molecule has 0 radical (unpaired) electrons. The number of carbonyl (C=O) groups excluding carboxylic acids is 1. The van der Waals surface area contributed by atoms with Gasteiger partial charge in [-0.15, -0.1) is 0 Å². The summed E-state index contributed by atoms with van der Waals surface area (Å²) in [4.78, 5) is 15.7. The fourth-order valence-corrected chi connectivity index (χ4v) is 4.10. The smallest absolute Gasteiger partial charge is 0.388 e. The Morgan fingerprint density at radius 2 is 1.75 bits per heavy atom. The lowest BCUT2D eigenvalue weighted by molar-refractivity contribution is -0.137. The normalized spacial score (nSPS) is 18.5. The van der Waals surface area contributed by atoms with Gasteiger partial charge in [0.15, 0.2) is 0 Å². The number of aryl methyl sites for hydroxylation is 1. The van der Waals surface area contributed by atoms with Gasteiger partial charge in [-0.25, -0.2) is 0 Å². The monoisotopic (exact) mass is 445 g/mol. The molecular weight excluding hydrogens is 419 g/mol. The number of alkyl halides is 3. The second kappa shape index (κ2) is 9.34. The van der Waals surface area contributed by atoms with E-state index < -0.39 is 17.8 Å². The zero-order valence-electron chi connectivity index (χ0n) is 17.6. The van der Waals surface area contributed by atoms with Crippen LogP contribution < -0.4 is 10.2 Å². The SMILES string of the molecule is O=C1CCc2cc(/C=C/[C@@H](O)CN3CCN(c4ccc(C(F)(F)F)cc4)CC3)ccc2N1. The predicted molar refractivity (Wildman–Crippen MR) is 119 cm³/mol. The van der Waals surface area contributed by atoms with Gasteiger partial charge in [0.05, 0.1) is 11.7 Å². The highest BCUT2D eigenvalue weighted by Gasteiger charge is 2.30. The number of β-amino-alcohol motifs (C(OH)–C–C–N with tert-alkyl or cyclic N) is 1. The number of piperazine rings is 1. The molecule has 0 aliphatic carbocycles. The van der Waals surface area contributed by atoms with Crippen LogP contribution in [0.25, 0.3) is 6.08 Å². The summed E-state index contributed by atoms with van der Waals surface area (Å²) in [6.07, 6.45) is -0.0832. The predicted octanol–water partition coefficient (Wildman–Crippen LogP) is 3.79.